The highest BCUT2D eigenvalue weighted by Gasteiger charge is 2.21. The fourth-order valence-corrected chi connectivity index (χ4v) is 3.82. The van der Waals surface area contributed by atoms with Gasteiger partial charge in [-0.05, 0) is 25.1 Å². The van der Waals surface area contributed by atoms with Crippen molar-refractivity contribution in [3.63, 3.8) is 0 Å². The van der Waals surface area contributed by atoms with Gasteiger partial charge in [0, 0.05) is 17.8 Å². The third kappa shape index (κ3) is 4.13. The van der Waals surface area contributed by atoms with E-state index in [2.05, 4.69) is 0 Å². The summed E-state index contributed by atoms with van der Waals surface area (Å²) in [4.78, 5) is 12.9. The summed E-state index contributed by atoms with van der Waals surface area (Å²) in [6.07, 6.45) is 0.0642. The molecule has 1 aromatic carbocycles. The molecule has 1 atom stereocenters. The van der Waals surface area contributed by atoms with Crippen molar-refractivity contribution in [2.75, 3.05) is 11.4 Å². The van der Waals surface area contributed by atoms with Gasteiger partial charge in [-0.2, -0.15) is 0 Å². The number of halogens is 2. The van der Waals surface area contributed by atoms with Crippen molar-refractivity contribution in [1.29, 1.82) is 0 Å². The number of rotatable bonds is 6. The number of thiophene rings is 1. The zero-order valence-electron chi connectivity index (χ0n) is 11.4. The Balaban J connectivity index is 2.30. The molecule has 3 nitrogen and oxygen atoms in total. The zero-order chi connectivity index (χ0) is 15.4. The van der Waals surface area contributed by atoms with Crippen molar-refractivity contribution in [1.82, 2.24) is 0 Å². The van der Waals surface area contributed by atoms with Crippen LogP contribution in [0.5, 0.6) is 0 Å². The maximum atomic E-state index is 10.9. The first kappa shape index (κ1) is 16.1. The monoisotopic (exact) mass is 343 g/mol. The molecule has 0 bridgehead atoms. The number of hydrogen-bond donors (Lipinski definition) is 1. The quantitative estimate of drug-likeness (QED) is 0.793. The SMILES string of the molecule is CC(c1cc(Cl)sc1Cl)N(CCC(=O)O)c1ccccc1. The van der Waals surface area contributed by atoms with E-state index in [1.807, 2.05) is 48.2 Å². The molecule has 6 heteroatoms. The Bertz CT molecular complexity index is 615. The fraction of sp³-hybridized carbons (Fsp3) is 0.267. The van der Waals surface area contributed by atoms with Crippen LogP contribution in [0.25, 0.3) is 0 Å². The van der Waals surface area contributed by atoms with E-state index in [0.29, 0.717) is 15.2 Å². The maximum Gasteiger partial charge on any atom is 0.305 e. The number of carboxylic acids is 1. The first-order valence-corrected chi connectivity index (χ1v) is 8.04. The molecule has 1 heterocycles. The van der Waals surface area contributed by atoms with Gasteiger partial charge in [-0.3, -0.25) is 4.79 Å². The van der Waals surface area contributed by atoms with Crippen LogP contribution >= 0.6 is 34.5 Å². The van der Waals surface area contributed by atoms with E-state index in [4.69, 9.17) is 28.3 Å². The minimum atomic E-state index is -0.822. The zero-order valence-corrected chi connectivity index (χ0v) is 13.8. The lowest BCUT2D eigenvalue weighted by atomic mass is 10.1. The van der Waals surface area contributed by atoms with E-state index in [1.54, 1.807) is 0 Å². The molecule has 0 fully saturated rings. The number of nitrogens with zero attached hydrogens (tertiary/aromatic N) is 1. The summed E-state index contributed by atoms with van der Waals surface area (Å²) < 4.78 is 1.27. The molecule has 0 saturated heterocycles. The number of carbonyl (C=O) groups is 1. The molecule has 0 aliphatic heterocycles. The Morgan fingerprint density at radius 3 is 2.52 bits per heavy atom. The number of anilines is 1. The second-order valence-corrected chi connectivity index (χ2v) is 6.91. The minimum absolute atomic E-state index is 0.0528. The van der Waals surface area contributed by atoms with E-state index in [9.17, 15) is 4.79 Å². The van der Waals surface area contributed by atoms with Crippen LogP contribution in [0.1, 0.15) is 24.9 Å². The van der Waals surface area contributed by atoms with Gasteiger partial charge in [0.1, 0.15) is 0 Å². The summed E-state index contributed by atoms with van der Waals surface area (Å²) in [5, 5.41) is 8.95. The average molecular weight is 344 g/mol. The summed E-state index contributed by atoms with van der Waals surface area (Å²) in [6, 6.07) is 11.5. The van der Waals surface area contributed by atoms with Gasteiger partial charge in [0.2, 0.25) is 0 Å². The van der Waals surface area contributed by atoms with E-state index in [1.165, 1.54) is 11.3 Å². The van der Waals surface area contributed by atoms with Gasteiger partial charge in [-0.1, -0.05) is 41.4 Å². The highest BCUT2D eigenvalue weighted by atomic mass is 35.5. The lowest BCUT2D eigenvalue weighted by Gasteiger charge is -2.31. The molecular weight excluding hydrogens is 329 g/mol. The van der Waals surface area contributed by atoms with Gasteiger partial charge in [0.15, 0.2) is 0 Å². The smallest absolute Gasteiger partial charge is 0.305 e. The predicted molar refractivity (Wildman–Crippen MR) is 88.8 cm³/mol. The number of hydrogen-bond acceptors (Lipinski definition) is 3. The molecule has 2 rings (SSSR count). The topological polar surface area (TPSA) is 40.5 Å². The molecule has 112 valence electrons. The Morgan fingerprint density at radius 1 is 1.33 bits per heavy atom. The molecule has 1 aromatic heterocycles. The molecule has 21 heavy (non-hydrogen) atoms. The molecule has 0 aliphatic carbocycles. The lowest BCUT2D eigenvalue weighted by molar-refractivity contribution is -0.136. The molecule has 2 aromatic rings. The van der Waals surface area contributed by atoms with Crippen LogP contribution in [0.15, 0.2) is 36.4 Å². The first-order chi connectivity index (χ1) is 9.99. The van der Waals surface area contributed by atoms with Crippen molar-refractivity contribution in [3.8, 4) is 0 Å². The van der Waals surface area contributed by atoms with Crippen LogP contribution < -0.4 is 4.90 Å². The normalized spacial score (nSPS) is 12.1. The number of carboxylic acid groups (broad SMARTS) is 1. The van der Waals surface area contributed by atoms with Gasteiger partial charge >= 0.3 is 5.97 Å². The largest absolute Gasteiger partial charge is 0.481 e. The number of aliphatic carboxylic acids is 1. The van der Waals surface area contributed by atoms with Gasteiger partial charge in [0.25, 0.3) is 0 Å². The Labute approximate surface area is 137 Å². The predicted octanol–water partition coefficient (Wildman–Crippen LogP) is 5.10. The average Bonchev–Trinajstić information content (AvgIpc) is 2.78. The van der Waals surface area contributed by atoms with Crippen LogP contribution in [-0.4, -0.2) is 17.6 Å². The molecular formula is C15H15Cl2NO2S. The summed E-state index contributed by atoms with van der Waals surface area (Å²) in [5.41, 5.74) is 1.88. The Hall–Kier alpha value is -1.23. The van der Waals surface area contributed by atoms with E-state index < -0.39 is 5.97 Å². The Morgan fingerprint density at radius 2 is 2.00 bits per heavy atom. The fourth-order valence-electron chi connectivity index (χ4n) is 2.19. The summed E-state index contributed by atoms with van der Waals surface area (Å²) in [6.45, 7) is 2.41. The van der Waals surface area contributed by atoms with Crippen LogP contribution in [-0.2, 0) is 4.79 Å². The number of benzene rings is 1. The highest BCUT2D eigenvalue weighted by molar-refractivity contribution is 7.20. The van der Waals surface area contributed by atoms with Crippen molar-refractivity contribution in [2.24, 2.45) is 0 Å². The maximum absolute atomic E-state index is 10.9. The molecule has 1 N–H and O–H groups in total. The van der Waals surface area contributed by atoms with Gasteiger partial charge in [-0.15, -0.1) is 11.3 Å². The van der Waals surface area contributed by atoms with Crippen LogP contribution in [0.3, 0.4) is 0 Å². The van der Waals surface area contributed by atoms with Crippen LogP contribution in [0, 0.1) is 0 Å². The minimum Gasteiger partial charge on any atom is -0.481 e. The third-order valence-electron chi connectivity index (χ3n) is 3.26. The second kappa shape index (κ2) is 7.16. The summed E-state index contributed by atoms with van der Waals surface area (Å²) in [7, 11) is 0. The summed E-state index contributed by atoms with van der Waals surface area (Å²) >= 11 is 13.6. The Kier molecular flexibility index (Phi) is 5.51. The second-order valence-electron chi connectivity index (χ2n) is 4.63. The summed E-state index contributed by atoms with van der Waals surface area (Å²) in [5.74, 6) is -0.822. The molecule has 0 amide bonds. The molecule has 1 unspecified atom stereocenters. The molecule has 0 spiro atoms. The van der Waals surface area contributed by atoms with Crippen LogP contribution in [0.4, 0.5) is 5.69 Å². The van der Waals surface area contributed by atoms with Crippen molar-refractivity contribution in [3.05, 3.63) is 50.6 Å². The van der Waals surface area contributed by atoms with Crippen molar-refractivity contribution >= 4 is 46.2 Å². The third-order valence-corrected chi connectivity index (χ3v) is 4.77. The van der Waals surface area contributed by atoms with Crippen molar-refractivity contribution in [2.45, 2.75) is 19.4 Å². The van der Waals surface area contributed by atoms with Gasteiger partial charge in [-0.25, -0.2) is 0 Å². The molecule has 0 saturated carbocycles. The van der Waals surface area contributed by atoms with Gasteiger partial charge in [0.05, 0.1) is 21.1 Å². The first-order valence-electron chi connectivity index (χ1n) is 6.47. The standard InChI is InChI=1S/C15H15Cl2NO2S/c1-10(12-9-13(16)21-15(12)17)18(8-7-14(19)20)11-5-3-2-4-6-11/h2-6,9-10H,7-8H2,1H3,(H,19,20). The van der Waals surface area contributed by atoms with Gasteiger partial charge < -0.3 is 10.0 Å². The van der Waals surface area contributed by atoms with Crippen molar-refractivity contribution < 1.29 is 9.90 Å². The van der Waals surface area contributed by atoms with Crippen LogP contribution in [0.2, 0.25) is 8.67 Å². The molecule has 0 aliphatic rings. The van der Waals surface area contributed by atoms with E-state index >= 15 is 0 Å². The lowest BCUT2D eigenvalue weighted by Crippen LogP contribution is -2.29. The highest BCUT2D eigenvalue weighted by Crippen LogP contribution is 2.38. The van der Waals surface area contributed by atoms with E-state index in [-0.39, 0.29) is 12.5 Å². The number of para-hydroxylation sites is 1. The molecule has 0 radical (unpaired) electrons. The van der Waals surface area contributed by atoms with E-state index in [0.717, 1.165) is 11.3 Å².